The highest BCUT2D eigenvalue weighted by molar-refractivity contribution is 6.31. The molecule has 0 bridgehead atoms. The molecule has 0 saturated carbocycles. The van der Waals surface area contributed by atoms with Crippen LogP contribution in [0.2, 0.25) is 5.02 Å². The van der Waals surface area contributed by atoms with Gasteiger partial charge in [0.25, 0.3) is 5.89 Å². The molecule has 0 aliphatic rings. The zero-order valence-electron chi connectivity index (χ0n) is 9.76. The molecule has 2 heterocycles. The number of fused-ring (bicyclic) bond motifs is 2. The number of furan rings is 1. The monoisotopic (exact) mass is 269 g/mol. The summed E-state index contributed by atoms with van der Waals surface area (Å²) >= 11 is 5.93. The minimum absolute atomic E-state index is 0.466. The van der Waals surface area contributed by atoms with Gasteiger partial charge in [-0.25, -0.2) is 4.98 Å². The van der Waals surface area contributed by atoms with Gasteiger partial charge in [0.05, 0.1) is 0 Å². The van der Waals surface area contributed by atoms with Crippen LogP contribution in [0.1, 0.15) is 0 Å². The Hall–Kier alpha value is -2.26. The molecule has 4 aromatic rings. The molecule has 3 nitrogen and oxygen atoms in total. The zero-order chi connectivity index (χ0) is 12.8. The smallest absolute Gasteiger partial charge is 0.263 e. The average molecular weight is 270 g/mol. The Morgan fingerprint density at radius 1 is 0.895 bits per heavy atom. The van der Waals surface area contributed by atoms with E-state index in [1.807, 2.05) is 30.3 Å². The van der Waals surface area contributed by atoms with Gasteiger partial charge in [0.2, 0.25) is 0 Å². The Balaban J connectivity index is 1.93. The summed E-state index contributed by atoms with van der Waals surface area (Å²) in [5, 5.41) is 1.66. The second-order valence-corrected chi connectivity index (χ2v) is 4.72. The van der Waals surface area contributed by atoms with Crippen molar-refractivity contribution in [2.75, 3.05) is 0 Å². The van der Waals surface area contributed by atoms with Crippen molar-refractivity contribution in [3.8, 4) is 11.7 Å². The van der Waals surface area contributed by atoms with E-state index in [0.29, 0.717) is 22.3 Å². The van der Waals surface area contributed by atoms with E-state index in [2.05, 4.69) is 4.98 Å². The molecule has 0 unspecified atom stereocenters. The molecule has 2 aromatic heterocycles. The van der Waals surface area contributed by atoms with Gasteiger partial charge in [-0.1, -0.05) is 29.8 Å². The highest BCUT2D eigenvalue weighted by Crippen LogP contribution is 2.30. The van der Waals surface area contributed by atoms with Crippen molar-refractivity contribution in [3.63, 3.8) is 0 Å². The van der Waals surface area contributed by atoms with Gasteiger partial charge in [-0.3, -0.25) is 0 Å². The molecule has 0 radical (unpaired) electrons. The third-order valence-electron chi connectivity index (χ3n) is 2.99. The van der Waals surface area contributed by atoms with E-state index >= 15 is 0 Å². The number of hydrogen-bond acceptors (Lipinski definition) is 3. The Morgan fingerprint density at radius 3 is 2.68 bits per heavy atom. The Labute approximate surface area is 113 Å². The summed E-state index contributed by atoms with van der Waals surface area (Å²) in [5.74, 6) is 1.09. The van der Waals surface area contributed by atoms with E-state index in [4.69, 9.17) is 20.4 Å². The summed E-state index contributed by atoms with van der Waals surface area (Å²) in [5.41, 5.74) is 2.24. The fourth-order valence-electron chi connectivity index (χ4n) is 2.09. The second-order valence-electron chi connectivity index (χ2n) is 4.28. The molecule has 92 valence electrons. The fourth-order valence-corrected chi connectivity index (χ4v) is 2.26. The number of hydrogen-bond donors (Lipinski definition) is 0. The number of oxazole rings is 1. The molecule has 0 spiro atoms. The molecular formula is C15H8ClNO2. The first-order chi connectivity index (χ1) is 9.29. The number of nitrogens with zero attached hydrogens (tertiary/aromatic N) is 1. The maximum absolute atomic E-state index is 5.93. The molecule has 4 heteroatoms. The van der Waals surface area contributed by atoms with Crippen LogP contribution in [0.5, 0.6) is 0 Å². The maximum atomic E-state index is 5.93. The lowest BCUT2D eigenvalue weighted by Gasteiger charge is -1.86. The number of aromatic nitrogens is 1. The molecule has 0 amide bonds. The van der Waals surface area contributed by atoms with Crippen LogP contribution in [0.4, 0.5) is 0 Å². The van der Waals surface area contributed by atoms with Crippen LogP contribution in [0.25, 0.3) is 33.7 Å². The molecule has 0 saturated heterocycles. The van der Waals surface area contributed by atoms with Crippen LogP contribution >= 0.6 is 11.6 Å². The zero-order valence-corrected chi connectivity index (χ0v) is 10.5. The minimum Gasteiger partial charge on any atom is -0.451 e. The summed E-state index contributed by atoms with van der Waals surface area (Å²) in [6.45, 7) is 0. The van der Waals surface area contributed by atoms with Crippen molar-refractivity contribution in [2.24, 2.45) is 0 Å². The van der Waals surface area contributed by atoms with Gasteiger partial charge < -0.3 is 8.83 Å². The molecule has 0 aliphatic heterocycles. The van der Waals surface area contributed by atoms with Crippen LogP contribution in [0, 0.1) is 0 Å². The van der Waals surface area contributed by atoms with Gasteiger partial charge in [0.15, 0.2) is 11.3 Å². The van der Waals surface area contributed by atoms with E-state index in [0.717, 1.165) is 16.5 Å². The first-order valence-electron chi connectivity index (χ1n) is 5.85. The summed E-state index contributed by atoms with van der Waals surface area (Å²) in [4.78, 5) is 4.39. The van der Waals surface area contributed by atoms with Crippen molar-refractivity contribution < 1.29 is 8.83 Å². The van der Waals surface area contributed by atoms with Crippen molar-refractivity contribution in [1.29, 1.82) is 0 Å². The minimum atomic E-state index is 0.466. The first kappa shape index (κ1) is 10.6. The maximum Gasteiger partial charge on any atom is 0.263 e. The van der Waals surface area contributed by atoms with Crippen molar-refractivity contribution in [3.05, 3.63) is 53.6 Å². The molecule has 4 rings (SSSR count). The number of halogens is 1. The SMILES string of the molecule is Clc1ccc2oc(-c3cc4ccccc4o3)nc2c1. The summed E-state index contributed by atoms with van der Waals surface area (Å²) in [6, 6.07) is 15.1. The number of rotatable bonds is 1. The lowest BCUT2D eigenvalue weighted by molar-refractivity contribution is 0.559. The Morgan fingerprint density at radius 2 is 1.79 bits per heavy atom. The molecule has 0 fully saturated rings. The summed E-state index contributed by atoms with van der Waals surface area (Å²) in [6.07, 6.45) is 0. The van der Waals surface area contributed by atoms with Gasteiger partial charge in [-0.05, 0) is 30.3 Å². The molecule has 0 N–H and O–H groups in total. The topological polar surface area (TPSA) is 39.2 Å². The predicted octanol–water partition coefficient (Wildman–Crippen LogP) is 4.89. The van der Waals surface area contributed by atoms with Gasteiger partial charge in [-0.15, -0.1) is 0 Å². The van der Waals surface area contributed by atoms with E-state index < -0.39 is 0 Å². The van der Waals surface area contributed by atoms with Crippen molar-refractivity contribution in [2.45, 2.75) is 0 Å². The van der Waals surface area contributed by atoms with Crippen molar-refractivity contribution >= 4 is 33.7 Å². The number of para-hydroxylation sites is 1. The van der Waals surface area contributed by atoms with Gasteiger partial charge in [-0.2, -0.15) is 0 Å². The normalized spacial score (nSPS) is 11.4. The highest BCUT2D eigenvalue weighted by Gasteiger charge is 2.13. The average Bonchev–Trinajstić information content (AvgIpc) is 3.00. The highest BCUT2D eigenvalue weighted by atomic mass is 35.5. The lowest BCUT2D eigenvalue weighted by Crippen LogP contribution is -1.71. The largest absolute Gasteiger partial charge is 0.451 e. The molecular weight excluding hydrogens is 262 g/mol. The van der Waals surface area contributed by atoms with E-state index in [1.54, 1.807) is 18.2 Å². The van der Waals surface area contributed by atoms with E-state index in [1.165, 1.54) is 0 Å². The van der Waals surface area contributed by atoms with E-state index in [9.17, 15) is 0 Å². The lowest BCUT2D eigenvalue weighted by atomic mass is 10.2. The fraction of sp³-hybridized carbons (Fsp3) is 0. The van der Waals surface area contributed by atoms with E-state index in [-0.39, 0.29) is 0 Å². The van der Waals surface area contributed by atoms with Gasteiger partial charge in [0.1, 0.15) is 11.1 Å². The Kier molecular flexibility index (Phi) is 2.17. The molecule has 19 heavy (non-hydrogen) atoms. The molecule has 0 aliphatic carbocycles. The van der Waals surface area contributed by atoms with Crippen molar-refractivity contribution in [1.82, 2.24) is 4.98 Å². The van der Waals surface area contributed by atoms with Gasteiger partial charge >= 0.3 is 0 Å². The summed E-state index contributed by atoms with van der Waals surface area (Å²) < 4.78 is 11.4. The molecule has 0 atom stereocenters. The van der Waals surface area contributed by atoms with Crippen LogP contribution in [0.15, 0.2) is 57.4 Å². The second kappa shape index (κ2) is 3.87. The van der Waals surface area contributed by atoms with Crippen LogP contribution in [-0.4, -0.2) is 4.98 Å². The predicted molar refractivity (Wildman–Crippen MR) is 74.2 cm³/mol. The Bertz CT molecular complexity index is 858. The molecule has 2 aromatic carbocycles. The van der Waals surface area contributed by atoms with Crippen LogP contribution < -0.4 is 0 Å². The van der Waals surface area contributed by atoms with Crippen LogP contribution in [-0.2, 0) is 0 Å². The third kappa shape index (κ3) is 1.71. The third-order valence-corrected chi connectivity index (χ3v) is 3.22. The quantitative estimate of drug-likeness (QED) is 0.494. The standard InChI is InChI=1S/C15H8ClNO2/c16-10-5-6-13-11(8-10)17-15(19-13)14-7-9-3-1-2-4-12(9)18-14/h1-8H. The van der Waals surface area contributed by atoms with Gasteiger partial charge in [0, 0.05) is 10.4 Å². The van der Waals surface area contributed by atoms with Crippen LogP contribution in [0.3, 0.4) is 0 Å². The number of benzene rings is 2. The summed E-state index contributed by atoms with van der Waals surface area (Å²) in [7, 11) is 0. The first-order valence-corrected chi connectivity index (χ1v) is 6.22.